The van der Waals surface area contributed by atoms with Crippen LogP contribution in [0.25, 0.3) is 0 Å². The molecular weight excluding hydrogens is 513 g/mol. The molecule has 0 bridgehead atoms. The Hall–Kier alpha value is -1.68. The second-order valence-corrected chi connectivity index (χ2v) is 8.12. The van der Waals surface area contributed by atoms with Crippen molar-refractivity contribution in [1.29, 1.82) is 0 Å². The Morgan fingerprint density at radius 2 is 1.66 bits per heavy atom. The van der Waals surface area contributed by atoms with E-state index in [0.29, 0.717) is 6.54 Å². The zero-order valence-corrected chi connectivity index (χ0v) is 21.9. The van der Waals surface area contributed by atoms with Gasteiger partial charge in [-0.25, -0.2) is 4.99 Å². The lowest BCUT2D eigenvalue weighted by atomic mass is 10.1. The molecule has 1 heterocycles. The first-order valence-corrected chi connectivity index (χ1v) is 11.3. The fraction of sp³-hybridized carbons (Fsp3) is 0.480. The molecule has 1 aliphatic rings. The van der Waals surface area contributed by atoms with Crippen molar-refractivity contribution >= 4 is 29.9 Å². The van der Waals surface area contributed by atoms with Gasteiger partial charge in [-0.2, -0.15) is 0 Å². The van der Waals surface area contributed by atoms with Crippen LogP contribution in [0, 0.1) is 0 Å². The van der Waals surface area contributed by atoms with Crippen LogP contribution in [-0.4, -0.2) is 69.2 Å². The summed E-state index contributed by atoms with van der Waals surface area (Å²) in [6, 6.07) is 19.5. The van der Waals surface area contributed by atoms with Gasteiger partial charge in [0.05, 0.1) is 25.8 Å². The van der Waals surface area contributed by atoms with Gasteiger partial charge in [-0.1, -0.05) is 54.6 Å². The summed E-state index contributed by atoms with van der Waals surface area (Å²) in [7, 11) is 4.23. The molecule has 7 heteroatoms. The minimum atomic E-state index is 0. The average molecular weight is 552 g/mol. The van der Waals surface area contributed by atoms with Crippen LogP contribution in [0.1, 0.15) is 29.7 Å². The van der Waals surface area contributed by atoms with Gasteiger partial charge < -0.3 is 20.3 Å². The summed E-state index contributed by atoms with van der Waals surface area (Å²) in [6.07, 6.45) is 0. The lowest BCUT2D eigenvalue weighted by molar-refractivity contribution is 0.0341. The number of ether oxygens (including phenoxy) is 1. The molecule has 1 unspecified atom stereocenters. The number of guanidine groups is 1. The van der Waals surface area contributed by atoms with Crippen molar-refractivity contribution in [3.8, 4) is 0 Å². The van der Waals surface area contributed by atoms with Crippen molar-refractivity contribution in [2.75, 3.05) is 53.5 Å². The van der Waals surface area contributed by atoms with Crippen molar-refractivity contribution in [2.24, 2.45) is 4.99 Å². The molecule has 1 aliphatic heterocycles. The molecule has 0 saturated carbocycles. The van der Waals surface area contributed by atoms with E-state index in [9.17, 15) is 0 Å². The third-order valence-corrected chi connectivity index (χ3v) is 5.64. The normalized spacial score (nSPS) is 15.8. The first kappa shape index (κ1) is 26.6. The van der Waals surface area contributed by atoms with Crippen LogP contribution in [-0.2, 0) is 17.8 Å². The molecule has 1 fully saturated rings. The predicted octanol–water partition coefficient (Wildman–Crippen LogP) is 3.49. The summed E-state index contributed by atoms with van der Waals surface area (Å²) in [4.78, 5) is 9.59. The highest BCUT2D eigenvalue weighted by atomic mass is 127. The maximum Gasteiger partial charge on any atom is 0.191 e. The maximum atomic E-state index is 5.48. The maximum absolute atomic E-state index is 5.48. The highest BCUT2D eigenvalue weighted by Gasteiger charge is 2.15. The Morgan fingerprint density at radius 1 is 1.00 bits per heavy atom. The van der Waals surface area contributed by atoms with Crippen molar-refractivity contribution in [3.05, 3.63) is 71.3 Å². The van der Waals surface area contributed by atoms with E-state index in [2.05, 4.69) is 96.0 Å². The van der Waals surface area contributed by atoms with E-state index in [1.54, 1.807) is 0 Å². The minimum absolute atomic E-state index is 0. The predicted molar refractivity (Wildman–Crippen MR) is 144 cm³/mol. The molecule has 2 aromatic rings. The van der Waals surface area contributed by atoms with E-state index < -0.39 is 0 Å². The molecule has 176 valence electrons. The fourth-order valence-electron chi connectivity index (χ4n) is 3.84. The molecule has 2 aromatic carbocycles. The number of halogens is 1. The average Bonchev–Trinajstić information content (AvgIpc) is 2.79. The van der Waals surface area contributed by atoms with Gasteiger partial charge in [0, 0.05) is 32.7 Å². The Labute approximate surface area is 210 Å². The van der Waals surface area contributed by atoms with E-state index in [1.165, 1.54) is 16.7 Å². The number of benzene rings is 2. The molecular formula is C25H38IN5O. The van der Waals surface area contributed by atoms with Gasteiger partial charge >= 0.3 is 0 Å². The summed E-state index contributed by atoms with van der Waals surface area (Å²) >= 11 is 0. The van der Waals surface area contributed by atoms with Gasteiger partial charge in [0.15, 0.2) is 5.96 Å². The number of nitrogens with zero attached hydrogens (tertiary/aromatic N) is 3. The molecule has 0 radical (unpaired) electrons. The topological polar surface area (TPSA) is 52.1 Å². The fourth-order valence-corrected chi connectivity index (χ4v) is 3.84. The SMILES string of the molecule is CCNC(=NCc1ccccc1CN1CCOCC1)NCC(c1ccccc1)N(C)C.I. The van der Waals surface area contributed by atoms with E-state index in [0.717, 1.165) is 51.9 Å². The van der Waals surface area contributed by atoms with Crippen LogP contribution in [0.4, 0.5) is 0 Å². The smallest absolute Gasteiger partial charge is 0.191 e. The molecule has 0 aliphatic carbocycles. The summed E-state index contributed by atoms with van der Waals surface area (Å²) in [5, 5.41) is 6.93. The summed E-state index contributed by atoms with van der Waals surface area (Å²) in [5.41, 5.74) is 3.92. The third kappa shape index (κ3) is 8.35. The largest absolute Gasteiger partial charge is 0.379 e. The van der Waals surface area contributed by atoms with Crippen molar-refractivity contribution in [3.63, 3.8) is 0 Å². The number of nitrogens with one attached hydrogen (secondary N) is 2. The Bertz CT molecular complexity index is 809. The summed E-state index contributed by atoms with van der Waals surface area (Å²) < 4.78 is 5.48. The number of rotatable bonds is 9. The highest BCUT2D eigenvalue weighted by Crippen LogP contribution is 2.17. The van der Waals surface area contributed by atoms with Crippen LogP contribution in [0.3, 0.4) is 0 Å². The van der Waals surface area contributed by atoms with Crippen molar-refractivity contribution < 1.29 is 4.74 Å². The standard InChI is InChI=1S/C25H37N5O.HI/c1-4-26-25(28-19-24(29(2)3)21-10-6-5-7-11-21)27-18-22-12-8-9-13-23(22)20-30-14-16-31-17-15-30;/h5-13,24H,4,14-20H2,1-3H3,(H2,26,27,28);1H. The molecule has 0 spiro atoms. The first-order valence-electron chi connectivity index (χ1n) is 11.3. The van der Waals surface area contributed by atoms with Crippen LogP contribution < -0.4 is 10.6 Å². The second kappa shape index (κ2) is 14.5. The zero-order valence-electron chi connectivity index (χ0n) is 19.6. The van der Waals surface area contributed by atoms with Crippen molar-refractivity contribution in [2.45, 2.75) is 26.1 Å². The molecule has 32 heavy (non-hydrogen) atoms. The van der Waals surface area contributed by atoms with Crippen LogP contribution >= 0.6 is 24.0 Å². The quantitative estimate of drug-likeness (QED) is 0.284. The number of morpholine rings is 1. The number of aliphatic imine (C=N–C) groups is 1. The first-order chi connectivity index (χ1) is 15.2. The molecule has 3 rings (SSSR count). The molecule has 2 N–H and O–H groups in total. The number of likely N-dealkylation sites (N-methyl/N-ethyl adjacent to an activating group) is 1. The third-order valence-electron chi connectivity index (χ3n) is 5.64. The molecule has 1 saturated heterocycles. The monoisotopic (exact) mass is 551 g/mol. The summed E-state index contributed by atoms with van der Waals surface area (Å²) in [6.45, 7) is 8.97. The molecule has 1 atom stereocenters. The zero-order chi connectivity index (χ0) is 21.9. The van der Waals surface area contributed by atoms with Gasteiger partial charge in [-0.3, -0.25) is 4.90 Å². The highest BCUT2D eigenvalue weighted by molar-refractivity contribution is 14.0. The minimum Gasteiger partial charge on any atom is -0.379 e. The lowest BCUT2D eigenvalue weighted by Gasteiger charge is -2.27. The van der Waals surface area contributed by atoms with Gasteiger partial charge in [-0.05, 0) is 37.7 Å². The van der Waals surface area contributed by atoms with Crippen molar-refractivity contribution in [1.82, 2.24) is 20.4 Å². The number of hydrogen-bond acceptors (Lipinski definition) is 4. The van der Waals surface area contributed by atoms with E-state index in [1.807, 2.05) is 0 Å². The molecule has 0 amide bonds. The van der Waals surface area contributed by atoms with E-state index in [4.69, 9.17) is 9.73 Å². The lowest BCUT2D eigenvalue weighted by Crippen LogP contribution is -2.41. The van der Waals surface area contributed by atoms with Gasteiger partial charge in [-0.15, -0.1) is 24.0 Å². The van der Waals surface area contributed by atoms with Crippen LogP contribution in [0.15, 0.2) is 59.6 Å². The van der Waals surface area contributed by atoms with E-state index >= 15 is 0 Å². The van der Waals surface area contributed by atoms with Crippen LogP contribution in [0.2, 0.25) is 0 Å². The molecule has 6 nitrogen and oxygen atoms in total. The second-order valence-electron chi connectivity index (χ2n) is 8.12. The van der Waals surface area contributed by atoms with Crippen LogP contribution in [0.5, 0.6) is 0 Å². The Morgan fingerprint density at radius 3 is 2.31 bits per heavy atom. The van der Waals surface area contributed by atoms with Gasteiger partial charge in [0.2, 0.25) is 0 Å². The van der Waals surface area contributed by atoms with E-state index in [-0.39, 0.29) is 30.0 Å². The summed E-state index contributed by atoms with van der Waals surface area (Å²) in [5.74, 6) is 0.853. The van der Waals surface area contributed by atoms with Gasteiger partial charge in [0.25, 0.3) is 0 Å². The Kier molecular flexibility index (Phi) is 12.0. The number of hydrogen-bond donors (Lipinski definition) is 2. The Balaban J connectivity index is 0.00000363. The molecule has 0 aromatic heterocycles. The van der Waals surface area contributed by atoms with Gasteiger partial charge in [0.1, 0.15) is 0 Å².